The van der Waals surface area contributed by atoms with E-state index in [1.54, 1.807) is 12.3 Å². The molecule has 0 aliphatic carbocycles. The first-order valence-corrected chi connectivity index (χ1v) is 6.09. The zero-order valence-electron chi connectivity index (χ0n) is 10.9. The highest BCUT2D eigenvalue weighted by atomic mass is 19.4. The minimum absolute atomic E-state index is 0.213. The molecule has 2 rings (SSSR count). The summed E-state index contributed by atoms with van der Waals surface area (Å²) in [5.41, 5.74) is 7.07. The maximum atomic E-state index is 12.0. The Kier molecular flexibility index (Phi) is 4.64. The highest BCUT2D eigenvalue weighted by Gasteiger charge is 2.30. The number of halogens is 3. The maximum absolute atomic E-state index is 12.0. The van der Waals surface area contributed by atoms with E-state index in [9.17, 15) is 13.2 Å². The zero-order valence-corrected chi connectivity index (χ0v) is 10.9. The summed E-state index contributed by atoms with van der Waals surface area (Å²) in [5.74, 6) is 0.134. The summed E-state index contributed by atoms with van der Waals surface area (Å²) in [6.07, 6.45) is -3.05. The van der Waals surface area contributed by atoms with Crippen LogP contribution in [0.2, 0.25) is 0 Å². The molecule has 0 unspecified atom stereocenters. The molecule has 1 heterocycles. The van der Waals surface area contributed by atoms with Crippen LogP contribution in [0.5, 0.6) is 11.5 Å². The topological polar surface area (TPSA) is 57.4 Å². The van der Waals surface area contributed by atoms with Crippen LogP contribution in [0.3, 0.4) is 0 Å². The minimum Gasteiger partial charge on any atom is -0.487 e. The van der Waals surface area contributed by atoms with Crippen LogP contribution in [0, 0.1) is 0 Å². The summed E-state index contributed by atoms with van der Waals surface area (Å²) in [5, 5.41) is 0. The third-order valence-corrected chi connectivity index (χ3v) is 2.57. The number of benzene rings is 1. The van der Waals surface area contributed by atoms with E-state index in [-0.39, 0.29) is 12.4 Å². The molecule has 4 nitrogen and oxygen atoms in total. The van der Waals surface area contributed by atoms with Crippen LogP contribution >= 0.6 is 0 Å². The van der Waals surface area contributed by atoms with Crippen molar-refractivity contribution >= 4 is 0 Å². The maximum Gasteiger partial charge on any atom is 0.573 e. The van der Waals surface area contributed by atoms with Gasteiger partial charge in [-0.1, -0.05) is 6.07 Å². The number of ether oxygens (including phenoxy) is 2. The van der Waals surface area contributed by atoms with Crippen LogP contribution in [0.25, 0.3) is 0 Å². The van der Waals surface area contributed by atoms with Crippen molar-refractivity contribution in [3.63, 3.8) is 0 Å². The number of hydrogen-bond acceptors (Lipinski definition) is 4. The van der Waals surface area contributed by atoms with Gasteiger partial charge >= 0.3 is 6.36 Å². The molecular formula is C14H13F3N2O2. The van der Waals surface area contributed by atoms with E-state index in [0.29, 0.717) is 18.0 Å². The lowest BCUT2D eigenvalue weighted by atomic mass is 10.2. The van der Waals surface area contributed by atoms with Crippen LogP contribution in [0.1, 0.15) is 11.3 Å². The van der Waals surface area contributed by atoms with Gasteiger partial charge in [-0.25, -0.2) is 0 Å². The highest BCUT2D eigenvalue weighted by Crippen LogP contribution is 2.24. The van der Waals surface area contributed by atoms with Gasteiger partial charge in [0.25, 0.3) is 0 Å². The molecule has 2 aromatic rings. The molecule has 0 fully saturated rings. The van der Waals surface area contributed by atoms with Crippen molar-refractivity contribution in [3.8, 4) is 11.5 Å². The van der Waals surface area contributed by atoms with E-state index >= 15 is 0 Å². The van der Waals surface area contributed by atoms with Crippen LogP contribution in [0.15, 0.2) is 42.6 Å². The van der Waals surface area contributed by atoms with Crippen molar-refractivity contribution in [2.45, 2.75) is 19.5 Å². The molecule has 2 N–H and O–H groups in total. The number of alkyl halides is 3. The average Bonchev–Trinajstić information content (AvgIpc) is 2.45. The molecule has 1 aromatic heterocycles. The highest BCUT2D eigenvalue weighted by molar-refractivity contribution is 5.31. The quantitative estimate of drug-likeness (QED) is 0.922. The van der Waals surface area contributed by atoms with Crippen molar-refractivity contribution < 1.29 is 22.6 Å². The van der Waals surface area contributed by atoms with E-state index < -0.39 is 6.36 Å². The van der Waals surface area contributed by atoms with E-state index in [0.717, 1.165) is 5.56 Å². The molecule has 0 aliphatic rings. The third-order valence-electron chi connectivity index (χ3n) is 2.57. The Morgan fingerprint density at radius 2 is 1.67 bits per heavy atom. The van der Waals surface area contributed by atoms with Gasteiger partial charge in [-0.3, -0.25) is 4.98 Å². The van der Waals surface area contributed by atoms with Gasteiger partial charge in [-0.15, -0.1) is 13.2 Å². The van der Waals surface area contributed by atoms with E-state index in [2.05, 4.69) is 9.72 Å². The number of hydrogen-bond donors (Lipinski definition) is 1. The number of rotatable bonds is 5. The second kappa shape index (κ2) is 6.45. The molecule has 0 spiro atoms. The molecule has 0 aliphatic heterocycles. The van der Waals surface area contributed by atoms with Gasteiger partial charge in [0.1, 0.15) is 18.1 Å². The Morgan fingerprint density at radius 3 is 2.19 bits per heavy atom. The Hall–Kier alpha value is -2.28. The summed E-state index contributed by atoms with van der Waals surface area (Å²) in [6.45, 7) is 0.624. The monoisotopic (exact) mass is 298 g/mol. The second-order valence-electron chi connectivity index (χ2n) is 4.17. The van der Waals surface area contributed by atoms with Crippen molar-refractivity contribution in [1.82, 2.24) is 4.98 Å². The van der Waals surface area contributed by atoms with Crippen molar-refractivity contribution in [2.75, 3.05) is 0 Å². The lowest BCUT2D eigenvalue weighted by Crippen LogP contribution is -2.16. The van der Waals surface area contributed by atoms with E-state index in [1.165, 1.54) is 24.3 Å². The third kappa shape index (κ3) is 4.96. The standard InChI is InChI=1S/C14H13F3N2O2/c15-14(16,17)21-13-5-3-12(4-6-13)20-9-11-2-1-10(7-18)8-19-11/h1-6,8H,7,9,18H2. The predicted octanol–water partition coefficient (Wildman–Crippen LogP) is 3.02. The molecule has 0 saturated heterocycles. The minimum atomic E-state index is -4.70. The van der Waals surface area contributed by atoms with Gasteiger partial charge in [0.15, 0.2) is 0 Å². The molecule has 21 heavy (non-hydrogen) atoms. The van der Waals surface area contributed by atoms with Crippen LogP contribution in [-0.4, -0.2) is 11.3 Å². The molecule has 0 amide bonds. The van der Waals surface area contributed by atoms with Crippen molar-refractivity contribution in [1.29, 1.82) is 0 Å². The first kappa shape index (κ1) is 15.1. The zero-order chi connectivity index (χ0) is 15.3. The fourth-order valence-electron chi connectivity index (χ4n) is 1.56. The van der Waals surface area contributed by atoms with Gasteiger partial charge in [0.2, 0.25) is 0 Å². The Labute approximate surface area is 119 Å². The van der Waals surface area contributed by atoms with E-state index in [1.807, 2.05) is 6.07 Å². The molecule has 112 valence electrons. The molecule has 0 atom stereocenters. The predicted molar refractivity (Wildman–Crippen MR) is 69.6 cm³/mol. The van der Waals surface area contributed by atoms with Crippen LogP contribution < -0.4 is 15.2 Å². The summed E-state index contributed by atoms with van der Waals surface area (Å²) >= 11 is 0. The number of aromatic nitrogens is 1. The molecular weight excluding hydrogens is 285 g/mol. The van der Waals surface area contributed by atoms with Gasteiger partial charge < -0.3 is 15.2 Å². The molecule has 0 saturated carbocycles. The molecule has 1 aromatic carbocycles. The molecule has 0 bridgehead atoms. The van der Waals surface area contributed by atoms with Crippen molar-refractivity contribution in [3.05, 3.63) is 53.9 Å². The van der Waals surface area contributed by atoms with Crippen molar-refractivity contribution in [2.24, 2.45) is 5.73 Å². The molecule has 7 heteroatoms. The fraction of sp³-hybridized carbons (Fsp3) is 0.214. The molecule has 0 radical (unpaired) electrons. The smallest absolute Gasteiger partial charge is 0.487 e. The second-order valence-corrected chi connectivity index (χ2v) is 4.17. The summed E-state index contributed by atoms with van der Waals surface area (Å²) in [4.78, 5) is 4.15. The van der Waals surface area contributed by atoms with Gasteiger partial charge in [-0.2, -0.15) is 0 Å². The first-order chi connectivity index (χ1) is 9.96. The number of pyridine rings is 1. The lowest BCUT2D eigenvalue weighted by molar-refractivity contribution is -0.274. The lowest BCUT2D eigenvalue weighted by Gasteiger charge is -2.10. The van der Waals surface area contributed by atoms with E-state index in [4.69, 9.17) is 10.5 Å². The summed E-state index contributed by atoms with van der Waals surface area (Å²) in [6, 6.07) is 8.79. The van der Waals surface area contributed by atoms with Crippen LogP contribution in [0.4, 0.5) is 13.2 Å². The average molecular weight is 298 g/mol. The Morgan fingerprint density at radius 1 is 1.00 bits per heavy atom. The van der Waals surface area contributed by atoms with Gasteiger partial charge in [-0.05, 0) is 35.9 Å². The van der Waals surface area contributed by atoms with Gasteiger partial charge in [0, 0.05) is 12.7 Å². The summed E-state index contributed by atoms with van der Waals surface area (Å²) < 4.78 is 45.2. The van der Waals surface area contributed by atoms with Gasteiger partial charge in [0.05, 0.1) is 5.69 Å². The normalized spacial score (nSPS) is 11.2. The number of nitrogens with zero attached hydrogens (tertiary/aromatic N) is 1. The Bertz CT molecular complexity index is 568. The Balaban J connectivity index is 1.91. The SMILES string of the molecule is NCc1ccc(COc2ccc(OC(F)(F)F)cc2)nc1. The largest absolute Gasteiger partial charge is 0.573 e. The number of nitrogens with two attached hydrogens (primary N) is 1. The fourth-order valence-corrected chi connectivity index (χ4v) is 1.56. The summed E-state index contributed by atoms with van der Waals surface area (Å²) in [7, 11) is 0. The first-order valence-electron chi connectivity index (χ1n) is 6.09. The van der Waals surface area contributed by atoms with Crippen LogP contribution in [-0.2, 0) is 13.2 Å².